The molecule has 8 heteroatoms. The van der Waals surface area contributed by atoms with Crippen LogP contribution in [0.2, 0.25) is 0 Å². The van der Waals surface area contributed by atoms with Crippen LogP contribution >= 0.6 is 11.8 Å². The molecule has 2 aromatic carbocycles. The van der Waals surface area contributed by atoms with Gasteiger partial charge in [-0.15, -0.1) is 10.2 Å². The molecule has 0 saturated carbocycles. The number of nitrogens with one attached hydrogen (secondary N) is 1. The molecule has 32 heavy (non-hydrogen) atoms. The van der Waals surface area contributed by atoms with Crippen molar-refractivity contribution in [3.8, 4) is 22.8 Å². The van der Waals surface area contributed by atoms with Crippen LogP contribution in [0, 0.1) is 0 Å². The van der Waals surface area contributed by atoms with E-state index in [0.717, 1.165) is 23.4 Å². The zero-order chi connectivity index (χ0) is 22.2. The number of carbonyl (C=O) groups is 1. The fraction of sp³-hybridized carbons (Fsp3) is 0.167. The summed E-state index contributed by atoms with van der Waals surface area (Å²) >= 11 is 1.34. The number of hydrogen-bond acceptors (Lipinski definition) is 6. The molecule has 1 amide bonds. The van der Waals surface area contributed by atoms with E-state index < -0.39 is 0 Å². The number of methoxy groups -OCH3 is 1. The standard InChI is InChI=1S/C24H23N5O2S/c1-31-21-11-5-10-20(15-21)29-23(19-9-6-13-25-16-19)27-28-24(29)32-17-22(30)26-14-12-18-7-3-2-4-8-18/h2-11,13,15-16H,12,14,17H2,1H3,(H,26,30). The van der Waals surface area contributed by atoms with Gasteiger partial charge in [0.2, 0.25) is 5.91 Å². The first-order chi connectivity index (χ1) is 15.7. The maximum Gasteiger partial charge on any atom is 0.230 e. The van der Waals surface area contributed by atoms with Crippen molar-refractivity contribution in [3.63, 3.8) is 0 Å². The van der Waals surface area contributed by atoms with Gasteiger partial charge in [0.05, 0.1) is 18.6 Å². The first-order valence-electron chi connectivity index (χ1n) is 10.2. The molecule has 0 aliphatic rings. The average Bonchev–Trinajstić information content (AvgIpc) is 3.28. The Morgan fingerprint density at radius 2 is 1.94 bits per heavy atom. The fourth-order valence-corrected chi connectivity index (χ4v) is 3.98. The van der Waals surface area contributed by atoms with Gasteiger partial charge in [0.25, 0.3) is 0 Å². The van der Waals surface area contributed by atoms with Gasteiger partial charge < -0.3 is 10.1 Å². The first kappa shape index (κ1) is 21.6. The Kier molecular flexibility index (Phi) is 7.14. The number of thioether (sulfide) groups is 1. The summed E-state index contributed by atoms with van der Waals surface area (Å²) in [4.78, 5) is 16.6. The van der Waals surface area contributed by atoms with Crippen molar-refractivity contribution in [1.82, 2.24) is 25.1 Å². The number of aromatic nitrogens is 4. The highest BCUT2D eigenvalue weighted by Crippen LogP contribution is 2.29. The molecule has 4 rings (SSSR count). The molecule has 0 aliphatic carbocycles. The Labute approximate surface area is 190 Å². The maximum atomic E-state index is 12.4. The van der Waals surface area contributed by atoms with E-state index in [-0.39, 0.29) is 11.7 Å². The van der Waals surface area contributed by atoms with Crippen LogP contribution in [0.25, 0.3) is 17.1 Å². The molecule has 0 aliphatic heterocycles. The van der Waals surface area contributed by atoms with Gasteiger partial charge in [0, 0.05) is 30.6 Å². The molecule has 4 aromatic rings. The lowest BCUT2D eigenvalue weighted by Crippen LogP contribution is -2.27. The van der Waals surface area contributed by atoms with E-state index in [2.05, 4.69) is 32.6 Å². The predicted octanol–water partition coefficient (Wildman–Crippen LogP) is 3.79. The van der Waals surface area contributed by atoms with Crippen LogP contribution in [-0.2, 0) is 11.2 Å². The van der Waals surface area contributed by atoms with E-state index in [1.165, 1.54) is 17.3 Å². The largest absolute Gasteiger partial charge is 0.497 e. The number of amides is 1. The molecule has 0 atom stereocenters. The van der Waals surface area contributed by atoms with Crippen LogP contribution in [0.4, 0.5) is 0 Å². The molecular formula is C24H23N5O2S. The molecule has 1 N–H and O–H groups in total. The van der Waals surface area contributed by atoms with Gasteiger partial charge in [-0.2, -0.15) is 0 Å². The van der Waals surface area contributed by atoms with E-state index in [9.17, 15) is 4.79 Å². The smallest absolute Gasteiger partial charge is 0.230 e. The van der Waals surface area contributed by atoms with Crippen LogP contribution in [-0.4, -0.2) is 45.1 Å². The quantitative estimate of drug-likeness (QED) is 0.395. The van der Waals surface area contributed by atoms with Gasteiger partial charge in [-0.3, -0.25) is 14.3 Å². The van der Waals surface area contributed by atoms with Crippen LogP contribution < -0.4 is 10.1 Å². The maximum absolute atomic E-state index is 12.4. The Balaban J connectivity index is 1.49. The van der Waals surface area contributed by atoms with Gasteiger partial charge >= 0.3 is 0 Å². The second kappa shape index (κ2) is 10.6. The van der Waals surface area contributed by atoms with Crippen molar-refractivity contribution in [2.75, 3.05) is 19.4 Å². The molecule has 2 heterocycles. The van der Waals surface area contributed by atoms with Crippen molar-refractivity contribution < 1.29 is 9.53 Å². The summed E-state index contributed by atoms with van der Waals surface area (Å²) in [7, 11) is 1.63. The molecule has 7 nitrogen and oxygen atoms in total. The first-order valence-corrected chi connectivity index (χ1v) is 11.2. The molecule has 0 radical (unpaired) electrons. The Hall–Kier alpha value is -3.65. The van der Waals surface area contributed by atoms with E-state index in [1.807, 2.05) is 59.2 Å². The number of benzene rings is 2. The SMILES string of the molecule is COc1cccc(-n2c(SCC(=O)NCCc3ccccc3)nnc2-c2cccnc2)c1. The van der Waals surface area contributed by atoms with E-state index in [1.54, 1.807) is 19.5 Å². The third-order valence-electron chi connectivity index (χ3n) is 4.78. The highest BCUT2D eigenvalue weighted by Gasteiger charge is 2.18. The Morgan fingerprint density at radius 3 is 2.72 bits per heavy atom. The third kappa shape index (κ3) is 5.33. The number of pyridine rings is 1. The second-order valence-corrected chi connectivity index (χ2v) is 7.90. The Morgan fingerprint density at radius 1 is 1.06 bits per heavy atom. The van der Waals surface area contributed by atoms with Gasteiger partial charge in [-0.05, 0) is 36.2 Å². The van der Waals surface area contributed by atoms with Crippen LogP contribution in [0.1, 0.15) is 5.56 Å². The number of ether oxygens (including phenoxy) is 1. The van der Waals surface area contributed by atoms with Crippen LogP contribution in [0.15, 0.2) is 84.3 Å². The second-order valence-electron chi connectivity index (χ2n) is 6.96. The van der Waals surface area contributed by atoms with Gasteiger partial charge in [-0.25, -0.2) is 0 Å². The van der Waals surface area contributed by atoms with E-state index in [0.29, 0.717) is 17.5 Å². The number of carbonyl (C=O) groups excluding carboxylic acids is 1. The fourth-order valence-electron chi connectivity index (χ4n) is 3.20. The monoisotopic (exact) mass is 445 g/mol. The normalized spacial score (nSPS) is 10.7. The zero-order valence-electron chi connectivity index (χ0n) is 17.6. The van der Waals surface area contributed by atoms with Crippen LogP contribution in [0.5, 0.6) is 5.75 Å². The highest BCUT2D eigenvalue weighted by molar-refractivity contribution is 7.99. The van der Waals surface area contributed by atoms with E-state index >= 15 is 0 Å². The average molecular weight is 446 g/mol. The molecule has 0 unspecified atom stereocenters. The van der Waals surface area contributed by atoms with Gasteiger partial charge in [-0.1, -0.05) is 48.2 Å². The molecule has 0 spiro atoms. The molecule has 2 aromatic heterocycles. The number of nitrogens with zero attached hydrogens (tertiary/aromatic N) is 4. The molecular weight excluding hydrogens is 422 g/mol. The third-order valence-corrected chi connectivity index (χ3v) is 5.70. The van der Waals surface area contributed by atoms with Crippen molar-refractivity contribution in [1.29, 1.82) is 0 Å². The van der Waals surface area contributed by atoms with Crippen molar-refractivity contribution >= 4 is 17.7 Å². The summed E-state index contributed by atoms with van der Waals surface area (Å²) in [5.74, 6) is 1.57. The summed E-state index contributed by atoms with van der Waals surface area (Å²) in [5.41, 5.74) is 2.88. The lowest BCUT2D eigenvalue weighted by Gasteiger charge is -2.11. The van der Waals surface area contributed by atoms with Crippen LogP contribution in [0.3, 0.4) is 0 Å². The van der Waals surface area contributed by atoms with Crippen molar-refractivity contribution in [2.24, 2.45) is 0 Å². The number of rotatable bonds is 9. The highest BCUT2D eigenvalue weighted by atomic mass is 32.2. The molecule has 0 saturated heterocycles. The molecule has 0 bridgehead atoms. The topological polar surface area (TPSA) is 81.9 Å². The minimum Gasteiger partial charge on any atom is -0.497 e. The minimum atomic E-state index is -0.0472. The van der Waals surface area contributed by atoms with Crippen molar-refractivity contribution in [2.45, 2.75) is 11.6 Å². The summed E-state index contributed by atoms with van der Waals surface area (Å²) in [5, 5.41) is 12.3. The summed E-state index contributed by atoms with van der Waals surface area (Å²) in [6.45, 7) is 0.590. The summed E-state index contributed by atoms with van der Waals surface area (Å²) in [6.07, 6.45) is 4.25. The summed E-state index contributed by atoms with van der Waals surface area (Å²) in [6, 6.07) is 21.5. The van der Waals surface area contributed by atoms with E-state index in [4.69, 9.17) is 4.74 Å². The lowest BCUT2D eigenvalue weighted by atomic mass is 10.1. The predicted molar refractivity (Wildman–Crippen MR) is 125 cm³/mol. The van der Waals surface area contributed by atoms with Crippen molar-refractivity contribution in [3.05, 3.63) is 84.7 Å². The molecule has 162 valence electrons. The zero-order valence-corrected chi connectivity index (χ0v) is 18.5. The van der Waals surface area contributed by atoms with Gasteiger partial charge in [0.15, 0.2) is 11.0 Å². The molecule has 0 fully saturated rings. The van der Waals surface area contributed by atoms with Gasteiger partial charge in [0.1, 0.15) is 5.75 Å². The minimum absolute atomic E-state index is 0.0472. The Bertz CT molecular complexity index is 1170. The lowest BCUT2D eigenvalue weighted by molar-refractivity contribution is -0.118. The summed E-state index contributed by atoms with van der Waals surface area (Å²) < 4.78 is 7.30. The number of hydrogen-bond donors (Lipinski definition) is 1.